The quantitative estimate of drug-likeness (QED) is 0.868. The monoisotopic (exact) mass is 249 g/mol. The minimum atomic E-state index is -0.306. The lowest BCUT2D eigenvalue weighted by atomic mass is 10.1. The van der Waals surface area contributed by atoms with Crippen LogP contribution in [0.15, 0.2) is 24.7 Å². The van der Waals surface area contributed by atoms with E-state index in [9.17, 15) is 4.39 Å². The summed E-state index contributed by atoms with van der Waals surface area (Å²) in [6.07, 6.45) is 3.66. The van der Waals surface area contributed by atoms with Crippen LogP contribution in [-0.2, 0) is 13.0 Å². The molecular formula is C12H16FN5. The van der Waals surface area contributed by atoms with Crippen molar-refractivity contribution in [2.75, 3.05) is 7.05 Å². The van der Waals surface area contributed by atoms with Crippen molar-refractivity contribution >= 4 is 0 Å². The van der Waals surface area contributed by atoms with E-state index in [4.69, 9.17) is 0 Å². The van der Waals surface area contributed by atoms with Gasteiger partial charge in [0.25, 0.3) is 0 Å². The Hall–Kier alpha value is -1.82. The third-order valence-corrected chi connectivity index (χ3v) is 2.85. The highest BCUT2D eigenvalue weighted by molar-refractivity contribution is 5.13. The van der Waals surface area contributed by atoms with Crippen molar-refractivity contribution in [2.45, 2.75) is 25.9 Å². The maximum Gasteiger partial charge on any atom is 0.146 e. The van der Waals surface area contributed by atoms with Crippen LogP contribution in [0.25, 0.3) is 0 Å². The van der Waals surface area contributed by atoms with E-state index in [1.165, 1.54) is 12.4 Å². The van der Waals surface area contributed by atoms with Gasteiger partial charge in [0.1, 0.15) is 18.0 Å². The normalized spacial score (nSPS) is 12.6. The van der Waals surface area contributed by atoms with Crippen molar-refractivity contribution in [3.05, 3.63) is 42.0 Å². The van der Waals surface area contributed by atoms with E-state index in [0.717, 1.165) is 12.4 Å². The lowest BCUT2D eigenvalue weighted by Gasteiger charge is -2.15. The minimum Gasteiger partial charge on any atom is -0.311 e. The highest BCUT2D eigenvalue weighted by Crippen LogP contribution is 2.17. The molecule has 0 aliphatic carbocycles. The van der Waals surface area contributed by atoms with E-state index >= 15 is 0 Å². The summed E-state index contributed by atoms with van der Waals surface area (Å²) in [5.41, 5.74) is 0.408. The molecule has 1 unspecified atom stereocenters. The van der Waals surface area contributed by atoms with Crippen molar-refractivity contribution < 1.29 is 4.39 Å². The molecule has 1 atom stereocenters. The van der Waals surface area contributed by atoms with Gasteiger partial charge < -0.3 is 5.32 Å². The Bertz CT molecular complexity index is 511. The van der Waals surface area contributed by atoms with Gasteiger partial charge in [0, 0.05) is 19.2 Å². The maximum atomic E-state index is 13.7. The van der Waals surface area contributed by atoms with E-state index in [1.54, 1.807) is 24.0 Å². The largest absolute Gasteiger partial charge is 0.311 e. The molecule has 0 saturated carbocycles. The molecule has 0 spiro atoms. The average molecular weight is 249 g/mol. The fourth-order valence-corrected chi connectivity index (χ4v) is 1.88. The highest BCUT2D eigenvalue weighted by Gasteiger charge is 2.18. The number of aryl methyl sites for hydroxylation is 1. The molecule has 0 fully saturated rings. The van der Waals surface area contributed by atoms with Crippen LogP contribution in [0.5, 0.6) is 0 Å². The SMILES string of the molecule is CCn1ncnc1CC(NC)c1ncccc1F. The smallest absolute Gasteiger partial charge is 0.146 e. The molecule has 2 aromatic heterocycles. The Kier molecular flexibility index (Phi) is 3.99. The van der Waals surface area contributed by atoms with Gasteiger partial charge in [0.05, 0.1) is 11.7 Å². The zero-order chi connectivity index (χ0) is 13.0. The number of halogens is 1. The molecule has 2 heterocycles. The first-order chi connectivity index (χ1) is 8.76. The summed E-state index contributed by atoms with van der Waals surface area (Å²) in [6, 6.07) is 2.79. The molecule has 0 aromatic carbocycles. The van der Waals surface area contributed by atoms with Gasteiger partial charge >= 0.3 is 0 Å². The van der Waals surface area contributed by atoms with Crippen LogP contribution in [-0.4, -0.2) is 26.8 Å². The zero-order valence-corrected chi connectivity index (χ0v) is 10.5. The molecule has 0 amide bonds. The van der Waals surface area contributed by atoms with Gasteiger partial charge in [-0.2, -0.15) is 5.10 Å². The summed E-state index contributed by atoms with van der Waals surface area (Å²) < 4.78 is 15.5. The second kappa shape index (κ2) is 5.68. The van der Waals surface area contributed by atoms with Gasteiger partial charge in [0.2, 0.25) is 0 Å². The minimum absolute atomic E-state index is 0.208. The summed E-state index contributed by atoms with van der Waals surface area (Å²) in [4.78, 5) is 8.28. The lowest BCUT2D eigenvalue weighted by Crippen LogP contribution is -2.23. The number of rotatable bonds is 5. The number of hydrogen-bond donors (Lipinski definition) is 1. The Morgan fingerprint density at radius 3 is 2.94 bits per heavy atom. The molecule has 0 aliphatic rings. The maximum absolute atomic E-state index is 13.7. The van der Waals surface area contributed by atoms with Crippen LogP contribution in [0.3, 0.4) is 0 Å². The zero-order valence-electron chi connectivity index (χ0n) is 10.5. The first kappa shape index (κ1) is 12.6. The van der Waals surface area contributed by atoms with Crippen LogP contribution < -0.4 is 5.32 Å². The van der Waals surface area contributed by atoms with E-state index < -0.39 is 0 Å². The first-order valence-electron chi connectivity index (χ1n) is 5.90. The van der Waals surface area contributed by atoms with E-state index in [2.05, 4.69) is 20.4 Å². The fourth-order valence-electron chi connectivity index (χ4n) is 1.88. The Balaban J connectivity index is 2.23. The van der Waals surface area contributed by atoms with Gasteiger partial charge in [-0.15, -0.1) is 0 Å². The predicted octanol–water partition coefficient (Wildman–Crippen LogP) is 1.34. The molecule has 96 valence electrons. The predicted molar refractivity (Wildman–Crippen MR) is 65.4 cm³/mol. The molecule has 6 heteroatoms. The third kappa shape index (κ3) is 2.53. The Labute approximate surface area is 105 Å². The molecule has 18 heavy (non-hydrogen) atoms. The Morgan fingerprint density at radius 1 is 1.44 bits per heavy atom. The van der Waals surface area contributed by atoms with Gasteiger partial charge in [-0.1, -0.05) is 0 Å². The van der Waals surface area contributed by atoms with Gasteiger partial charge in [-0.05, 0) is 26.1 Å². The van der Waals surface area contributed by atoms with Crippen LogP contribution in [0, 0.1) is 5.82 Å². The molecule has 0 radical (unpaired) electrons. The number of nitrogens with one attached hydrogen (secondary N) is 1. The third-order valence-electron chi connectivity index (χ3n) is 2.85. The molecule has 1 N–H and O–H groups in total. The number of likely N-dealkylation sites (N-methyl/N-ethyl adjacent to an activating group) is 1. The standard InChI is InChI=1S/C12H16FN5/c1-3-18-11(16-8-17-18)7-10(14-2)12-9(13)5-4-6-15-12/h4-6,8,10,14H,3,7H2,1-2H3. The van der Waals surface area contributed by atoms with Crippen LogP contribution in [0.1, 0.15) is 24.5 Å². The van der Waals surface area contributed by atoms with Crippen molar-refractivity contribution in [3.63, 3.8) is 0 Å². The van der Waals surface area contributed by atoms with Crippen molar-refractivity contribution in [2.24, 2.45) is 0 Å². The average Bonchev–Trinajstić information content (AvgIpc) is 2.84. The number of pyridine rings is 1. The number of hydrogen-bond acceptors (Lipinski definition) is 4. The van der Waals surface area contributed by atoms with Crippen molar-refractivity contribution in [3.8, 4) is 0 Å². The van der Waals surface area contributed by atoms with Crippen LogP contribution in [0.2, 0.25) is 0 Å². The van der Waals surface area contributed by atoms with Crippen molar-refractivity contribution in [1.82, 2.24) is 25.1 Å². The molecule has 0 aliphatic heterocycles. The van der Waals surface area contributed by atoms with Gasteiger partial charge in [-0.3, -0.25) is 9.67 Å². The summed E-state index contributed by atoms with van der Waals surface area (Å²) in [5.74, 6) is 0.515. The first-order valence-corrected chi connectivity index (χ1v) is 5.90. The molecule has 5 nitrogen and oxygen atoms in total. The second-order valence-corrected chi connectivity index (χ2v) is 3.91. The summed E-state index contributed by atoms with van der Waals surface area (Å²) in [6.45, 7) is 2.74. The lowest BCUT2D eigenvalue weighted by molar-refractivity contribution is 0.491. The van der Waals surface area contributed by atoms with E-state index in [-0.39, 0.29) is 11.9 Å². The van der Waals surface area contributed by atoms with Crippen molar-refractivity contribution in [1.29, 1.82) is 0 Å². The molecule has 0 bridgehead atoms. The molecule has 2 aromatic rings. The van der Waals surface area contributed by atoms with Crippen LogP contribution in [0.4, 0.5) is 4.39 Å². The fraction of sp³-hybridized carbons (Fsp3) is 0.417. The van der Waals surface area contributed by atoms with Crippen LogP contribution >= 0.6 is 0 Å². The second-order valence-electron chi connectivity index (χ2n) is 3.91. The van der Waals surface area contributed by atoms with E-state index in [1.807, 2.05) is 6.92 Å². The summed E-state index contributed by atoms with van der Waals surface area (Å²) in [7, 11) is 1.78. The number of nitrogens with zero attached hydrogens (tertiary/aromatic N) is 4. The highest BCUT2D eigenvalue weighted by atomic mass is 19.1. The number of aromatic nitrogens is 4. The molecule has 0 saturated heterocycles. The Morgan fingerprint density at radius 2 is 2.28 bits per heavy atom. The topological polar surface area (TPSA) is 55.6 Å². The molecular weight excluding hydrogens is 233 g/mol. The van der Waals surface area contributed by atoms with Gasteiger partial charge in [-0.25, -0.2) is 9.37 Å². The molecule has 2 rings (SSSR count). The summed E-state index contributed by atoms with van der Waals surface area (Å²) >= 11 is 0. The summed E-state index contributed by atoms with van der Waals surface area (Å²) in [5, 5.41) is 7.17. The van der Waals surface area contributed by atoms with E-state index in [0.29, 0.717) is 12.1 Å². The van der Waals surface area contributed by atoms with Gasteiger partial charge in [0.15, 0.2) is 0 Å².